The van der Waals surface area contributed by atoms with Gasteiger partial charge in [-0.1, -0.05) is 6.07 Å². The predicted molar refractivity (Wildman–Crippen MR) is 98.4 cm³/mol. The molecule has 0 bridgehead atoms. The molecule has 136 valence electrons. The van der Waals surface area contributed by atoms with Crippen LogP contribution in [0.5, 0.6) is 0 Å². The Hall–Kier alpha value is -1.37. The van der Waals surface area contributed by atoms with Crippen molar-refractivity contribution in [1.82, 2.24) is 15.2 Å². The van der Waals surface area contributed by atoms with Crippen LogP contribution in [-0.2, 0) is 16.0 Å². The fourth-order valence-electron chi connectivity index (χ4n) is 2.65. The number of carbonyl (C=O) groups is 2. The fraction of sp³-hybridized carbons (Fsp3) is 0.562. The molecule has 1 aliphatic carbocycles. The maximum atomic E-state index is 12.0. The zero-order valence-corrected chi connectivity index (χ0v) is 15.4. The Bertz CT molecular complexity index is 516. The van der Waals surface area contributed by atoms with E-state index < -0.39 is 0 Å². The Kier molecular flexibility index (Phi) is 10.6. The number of rotatable bonds is 6. The largest absolute Gasteiger partial charge is 0.347 e. The molecule has 0 aromatic carbocycles. The number of pyridine rings is 1. The zero-order chi connectivity index (χ0) is 15.9. The third kappa shape index (κ3) is 7.03. The second kappa shape index (κ2) is 11.2. The summed E-state index contributed by atoms with van der Waals surface area (Å²) in [6.45, 7) is 0.628. The summed E-state index contributed by atoms with van der Waals surface area (Å²) < 4.78 is 0. The highest BCUT2D eigenvalue weighted by Gasteiger charge is 2.27. The molecule has 0 saturated heterocycles. The Morgan fingerprint density at radius 2 is 2.08 bits per heavy atom. The normalized spacial score (nSPS) is 18.9. The van der Waals surface area contributed by atoms with Crippen molar-refractivity contribution in [1.29, 1.82) is 0 Å². The Labute approximate surface area is 155 Å². The highest BCUT2D eigenvalue weighted by atomic mass is 35.5. The third-order valence-corrected chi connectivity index (χ3v) is 4.11. The number of halogens is 2. The highest BCUT2D eigenvalue weighted by Crippen LogP contribution is 2.23. The summed E-state index contributed by atoms with van der Waals surface area (Å²) in [6, 6.07) is 5.84. The Morgan fingerprint density at radius 3 is 2.67 bits per heavy atom. The van der Waals surface area contributed by atoms with E-state index in [0.29, 0.717) is 13.0 Å². The van der Waals surface area contributed by atoms with E-state index >= 15 is 0 Å². The van der Waals surface area contributed by atoms with Crippen LogP contribution < -0.4 is 11.1 Å². The summed E-state index contributed by atoms with van der Waals surface area (Å²) >= 11 is 0. The molecule has 24 heavy (non-hydrogen) atoms. The van der Waals surface area contributed by atoms with E-state index in [4.69, 9.17) is 5.73 Å². The molecule has 1 heterocycles. The van der Waals surface area contributed by atoms with Crippen molar-refractivity contribution in [2.75, 3.05) is 20.1 Å². The van der Waals surface area contributed by atoms with Gasteiger partial charge in [0.15, 0.2) is 0 Å². The van der Waals surface area contributed by atoms with Gasteiger partial charge >= 0.3 is 0 Å². The van der Waals surface area contributed by atoms with Crippen molar-refractivity contribution in [2.24, 2.45) is 11.7 Å². The summed E-state index contributed by atoms with van der Waals surface area (Å²) in [4.78, 5) is 29.8. The molecule has 1 aliphatic rings. The van der Waals surface area contributed by atoms with Gasteiger partial charge in [-0.15, -0.1) is 24.8 Å². The topological polar surface area (TPSA) is 88.3 Å². The quantitative estimate of drug-likeness (QED) is 0.779. The van der Waals surface area contributed by atoms with Crippen molar-refractivity contribution in [3.63, 3.8) is 0 Å². The lowest BCUT2D eigenvalue weighted by Crippen LogP contribution is -2.41. The summed E-state index contributed by atoms with van der Waals surface area (Å²) in [7, 11) is 1.74. The minimum absolute atomic E-state index is 0. The molecule has 0 spiro atoms. The lowest BCUT2D eigenvalue weighted by molar-refractivity contribution is -0.132. The number of nitrogens with zero attached hydrogens (tertiary/aromatic N) is 2. The van der Waals surface area contributed by atoms with Crippen LogP contribution in [0.1, 0.15) is 25.0 Å². The van der Waals surface area contributed by atoms with Crippen LogP contribution in [0, 0.1) is 5.92 Å². The second-order valence-electron chi connectivity index (χ2n) is 5.87. The molecule has 2 rings (SSSR count). The maximum absolute atomic E-state index is 12.0. The van der Waals surface area contributed by atoms with Crippen molar-refractivity contribution in [3.05, 3.63) is 30.1 Å². The standard InChI is InChI=1S/C16H24N4O2.2ClH/c1-20(9-7-14-4-2-3-8-18-14)15(21)11-19-16(22)12-5-6-13(17)10-12;;/h2-4,8,12-13H,5-7,9-11,17H2,1H3,(H,19,22);2*1H. The van der Waals surface area contributed by atoms with Gasteiger partial charge in [-0.2, -0.15) is 0 Å². The number of likely N-dealkylation sites (N-methyl/N-ethyl adjacent to an activating group) is 1. The number of aromatic nitrogens is 1. The monoisotopic (exact) mass is 376 g/mol. The Morgan fingerprint density at radius 1 is 1.33 bits per heavy atom. The number of amides is 2. The molecule has 0 radical (unpaired) electrons. The van der Waals surface area contributed by atoms with Gasteiger partial charge in [0.2, 0.25) is 11.8 Å². The van der Waals surface area contributed by atoms with Crippen LogP contribution in [0.4, 0.5) is 0 Å². The first-order valence-electron chi connectivity index (χ1n) is 7.73. The van der Waals surface area contributed by atoms with Gasteiger partial charge in [0, 0.05) is 43.9 Å². The SMILES string of the molecule is CN(CCc1ccccn1)C(=O)CNC(=O)C1CCC(N)C1.Cl.Cl. The average Bonchev–Trinajstić information content (AvgIpc) is 2.97. The fourth-order valence-corrected chi connectivity index (χ4v) is 2.65. The van der Waals surface area contributed by atoms with Gasteiger partial charge in [-0.3, -0.25) is 14.6 Å². The lowest BCUT2D eigenvalue weighted by atomic mass is 10.1. The van der Waals surface area contributed by atoms with Gasteiger partial charge in [-0.25, -0.2) is 0 Å². The van der Waals surface area contributed by atoms with Gasteiger partial charge in [0.05, 0.1) is 6.54 Å². The van der Waals surface area contributed by atoms with E-state index in [2.05, 4.69) is 10.3 Å². The van der Waals surface area contributed by atoms with E-state index in [1.807, 2.05) is 18.2 Å². The highest BCUT2D eigenvalue weighted by molar-refractivity contribution is 5.86. The van der Waals surface area contributed by atoms with Crippen molar-refractivity contribution in [3.8, 4) is 0 Å². The molecule has 6 nitrogen and oxygen atoms in total. The molecular formula is C16H26Cl2N4O2. The minimum atomic E-state index is -0.0911. The van der Waals surface area contributed by atoms with E-state index in [-0.39, 0.29) is 55.1 Å². The van der Waals surface area contributed by atoms with Crippen LogP contribution in [0.25, 0.3) is 0 Å². The van der Waals surface area contributed by atoms with E-state index in [1.54, 1.807) is 18.1 Å². The Balaban J connectivity index is 0.00000264. The number of nitrogens with two attached hydrogens (primary N) is 1. The molecular weight excluding hydrogens is 351 g/mol. The summed E-state index contributed by atoms with van der Waals surface area (Å²) in [5.41, 5.74) is 6.75. The summed E-state index contributed by atoms with van der Waals surface area (Å²) in [5.74, 6) is -0.187. The molecule has 1 aromatic heterocycles. The maximum Gasteiger partial charge on any atom is 0.241 e. The summed E-state index contributed by atoms with van der Waals surface area (Å²) in [6.07, 6.45) is 4.86. The first kappa shape index (κ1) is 22.6. The minimum Gasteiger partial charge on any atom is -0.347 e. The van der Waals surface area contributed by atoms with Crippen molar-refractivity contribution >= 4 is 36.6 Å². The molecule has 1 aromatic rings. The summed E-state index contributed by atoms with van der Waals surface area (Å²) in [5, 5.41) is 2.72. The van der Waals surface area contributed by atoms with Crippen LogP contribution in [0.15, 0.2) is 24.4 Å². The molecule has 2 amide bonds. The van der Waals surface area contributed by atoms with Gasteiger partial charge in [0.25, 0.3) is 0 Å². The molecule has 1 fully saturated rings. The van der Waals surface area contributed by atoms with Gasteiger partial charge in [-0.05, 0) is 31.4 Å². The third-order valence-electron chi connectivity index (χ3n) is 4.11. The number of hydrogen-bond acceptors (Lipinski definition) is 4. The average molecular weight is 377 g/mol. The second-order valence-corrected chi connectivity index (χ2v) is 5.87. The number of hydrogen-bond donors (Lipinski definition) is 2. The molecule has 2 atom stereocenters. The first-order chi connectivity index (χ1) is 10.6. The van der Waals surface area contributed by atoms with Crippen LogP contribution in [-0.4, -0.2) is 47.9 Å². The van der Waals surface area contributed by atoms with Crippen LogP contribution in [0.2, 0.25) is 0 Å². The lowest BCUT2D eigenvalue weighted by Gasteiger charge is -2.18. The van der Waals surface area contributed by atoms with Crippen LogP contribution in [0.3, 0.4) is 0 Å². The molecule has 2 unspecified atom stereocenters. The van der Waals surface area contributed by atoms with E-state index in [1.165, 1.54) is 0 Å². The van der Waals surface area contributed by atoms with Crippen molar-refractivity contribution in [2.45, 2.75) is 31.7 Å². The smallest absolute Gasteiger partial charge is 0.241 e. The zero-order valence-electron chi connectivity index (χ0n) is 13.8. The predicted octanol–water partition coefficient (Wildman–Crippen LogP) is 1.17. The molecule has 0 aliphatic heterocycles. The van der Waals surface area contributed by atoms with Gasteiger partial charge < -0.3 is 16.0 Å². The van der Waals surface area contributed by atoms with Crippen molar-refractivity contribution < 1.29 is 9.59 Å². The molecule has 3 N–H and O–H groups in total. The van der Waals surface area contributed by atoms with Crippen LogP contribution >= 0.6 is 24.8 Å². The number of carbonyl (C=O) groups excluding carboxylic acids is 2. The van der Waals surface area contributed by atoms with E-state index in [9.17, 15) is 9.59 Å². The number of nitrogens with one attached hydrogen (secondary N) is 1. The van der Waals surface area contributed by atoms with E-state index in [0.717, 1.165) is 25.0 Å². The molecule has 8 heteroatoms. The molecule has 1 saturated carbocycles. The first-order valence-corrected chi connectivity index (χ1v) is 7.73. The van der Waals surface area contributed by atoms with Gasteiger partial charge in [0.1, 0.15) is 0 Å².